The lowest BCUT2D eigenvalue weighted by atomic mass is 9.77. The highest BCUT2D eigenvalue weighted by Gasteiger charge is 2.38. The molecule has 0 amide bonds. The molecule has 2 heterocycles. The summed E-state index contributed by atoms with van der Waals surface area (Å²) < 4.78 is 11.1. The third-order valence-corrected chi connectivity index (χ3v) is 4.73. The van der Waals surface area contributed by atoms with Crippen molar-refractivity contribution in [2.75, 3.05) is 0 Å². The SMILES string of the molecule is NC1(c2noc(CCc3ncc(-c4ccccc4Cl)o3)n2)CCC1. The van der Waals surface area contributed by atoms with Crippen LogP contribution in [-0.2, 0) is 18.4 Å². The Labute approximate surface area is 144 Å². The zero-order chi connectivity index (χ0) is 16.6. The Hall–Kier alpha value is -2.18. The van der Waals surface area contributed by atoms with Crippen LogP contribution in [0.3, 0.4) is 0 Å². The van der Waals surface area contributed by atoms with Crippen molar-refractivity contribution in [1.29, 1.82) is 0 Å². The van der Waals surface area contributed by atoms with Crippen LogP contribution in [0.25, 0.3) is 11.3 Å². The van der Waals surface area contributed by atoms with E-state index in [0.29, 0.717) is 41.2 Å². The van der Waals surface area contributed by atoms with Crippen molar-refractivity contribution in [3.63, 3.8) is 0 Å². The summed E-state index contributed by atoms with van der Waals surface area (Å²) in [5, 5.41) is 4.64. The predicted octanol–water partition coefficient (Wildman–Crippen LogP) is 3.50. The second kappa shape index (κ2) is 6.03. The predicted molar refractivity (Wildman–Crippen MR) is 88.4 cm³/mol. The Morgan fingerprint density at radius 3 is 2.71 bits per heavy atom. The van der Waals surface area contributed by atoms with E-state index >= 15 is 0 Å². The number of nitrogens with two attached hydrogens (primary N) is 1. The molecule has 1 aliphatic rings. The van der Waals surface area contributed by atoms with Crippen LogP contribution in [0.1, 0.15) is 36.9 Å². The van der Waals surface area contributed by atoms with Gasteiger partial charge in [-0.05, 0) is 31.4 Å². The van der Waals surface area contributed by atoms with Crippen LogP contribution in [0.4, 0.5) is 0 Å². The minimum Gasteiger partial charge on any atom is -0.441 e. The maximum atomic E-state index is 6.20. The molecule has 4 rings (SSSR count). The molecule has 7 heteroatoms. The van der Waals surface area contributed by atoms with Gasteiger partial charge in [-0.25, -0.2) is 4.98 Å². The van der Waals surface area contributed by atoms with Crippen molar-refractivity contribution in [1.82, 2.24) is 15.1 Å². The summed E-state index contributed by atoms with van der Waals surface area (Å²) in [5.41, 5.74) is 6.62. The Morgan fingerprint density at radius 2 is 1.96 bits per heavy atom. The molecule has 0 bridgehead atoms. The van der Waals surface area contributed by atoms with Gasteiger partial charge >= 0.3 is 0 Å². The summed E-state index contributed by atoms with van der Waals surface area (Å²) in [6.07, 6.45) is 5.75. The fourth-order valence-electron chi connectivity index (χ4n) is 2.77. The van der Waals surface area contributed by atoms with E-state index in [0.717, 1.165) is 24.8 Å². The summed E-state index contributed by atoms with van der Waals surface area (Å²) in [6.45, 7) is 0. The lowest BCUT2D eigenvalue weighted by Crippen LogP contribution is -2.44. The number of hydrogen-bond donors (Lipinski definition) is 1. The van der Waals surface area contributed by atoms with E-state index in [2.05, 4.69) is 15.1 Å². The second-order valence-corrected chi connectivity index (χ2v) is 6.53. The van der Waals surface area contributed by atoms with E-state index < -0.39 is 5.54 Å². The van der Waals surface area contributed by atoms with Crippen molar-refractivity contribution < 1.29 is 8.94 Å². The van der Waals surface area contributed by atoms with Gasteiger partial charge in [0.15, 0.2) is 17.5 Å². The van der Waals surface area contributed by atoms with Gasteiger partial charge in [0.2, 0.25) is 5.89 Å². The van der Waals surface area contributed by atoms with Crippen LogP contribution in [0.15, 0.2) is 39.4 Å². The van der Waals surface area contributed by atoms with Crippen molar-refractivity contribution in [3.8, 4) is 11.3 Å². The van der Waals surface area contributed by atoms with E-state index in [4.69, 9.17) is 26.3 Å². The molecule has 24 heavy (non-hydrogen) atoms. The summed E-state index contributed by atoms with van der Waals surface area (Å²) >= 11 is 6.17. The van der Waals surface area contributed by atoms with Crippen LogP contribution in [0.5, 0.6) is 0 Å². The van der Waals surface area contributed by atoms with Crippen molar-refractivity contribution in [2.24, 2.45) is 5.73 Å². The van der Waals surface area contributed by atoms with E-state index in [9.17, 15) is 0 Å². The molecule has 2 aromatic heterocycles. The minimum absolute atomic E-state index is 0.401. The number of aromatic nitrogens is 3. The number of hydrogen-bond acceptors (Lipinski definition) is 6. The molecule has 0 spiro atoms. The first kappa shape index (κ1) is 15.4. The third kappa shape index (κ3) is 2.83. The largest absolute Gasteiger partial charge is 0.441 e. The lowest BCUT2D eigenvalue weighted by Gasteiger charge is -2.34. The maximum Gasteiger partial charge on any atom is 0.227 e. The van der Waals surface area contributed by atoms with E-state index in [1.54, 1.807) is 6.20 Å². The standard InChI is InChI=1S/C17H17ClN4O2/c18-12-5-2-1-4-11(12)13-10-20-14(23-13)6-7-15-21-16(22-24-15)17(19)8-3-9-17/h1-2,4-5,10H,3,6-9,19H2. The molecular formula is C17H17ClN4O2. The normalized spacial score (nSPS) is 16.1. The van der Waals surface area contributed by atoms with Gasteiger partial charge in [-0.15, -0.1) is 0 Å². The van der Waals surface area contributed by atoms with E-state index in [1.807, 2.05) is 24.3 Å². The molecule has 0 atom stereocenters. The van der Waals surface area contributed by atoms with Gasteiger partial charge in [-0.1, -0.05) is 28.9 Å². The van der Waals surface area contributed by atoms with Gasteiger partial charge in [0.1, 0.15) is 0 Å². The number of oxazole rings is 1. The van der Waals surface area contributed by atoms with Crippen LogP contribution in [0, 0.1) is 0 Å². The molecule has 1 aromatic carbocycles. The fraction of sp³-hybridized carbons (Fsp3) is 0.353. The summed E-state index contributed by atoms with van der Waals surface area (Å²) in [6, 6.07) is 7.51. The monoisotopic (exact) mass is 344 g/mol. The van der Waals surface area contributed by atoms with Crippen molar-refractivity contribution in [2.45, 2.75) is 37.6 Å². The lowest BCUT2D eigenvalue weighted by molar-refractivity contribution is 0.229. The van der Waals surface area contributed by atoms with Gasteiger partial charge in [0, 0.05) is 18.4 Å². The van der Waals surface area contributed by atoms with Crippen LogP contribution < -0.4 is 5.73 Å². The Kier molecular flexibility index (Phi) is 3.86. The second-order valence-electron chi connectivity index (χ2n) is 6.12. The average Bonchev–Trinajstić information content (AvgIpc) is 3.20. The van der Waals surface area contributed by atoms with Gasteiger partial charge in [-0.2, -0.15) is 4.98 Å². The first-order valence-corrected chi connectivity index (χ1v) is 8.33. The number of rotatable bonds is 5. The molecule has 0 saturated heterocycles. The number of aryl methyl sites for hydroxylation is 2. The van der Waals surface area contributed by atoms with Gasteiger partial charge in [0.05, 0.1) is 16.8 Å². The molecule has 1 fully saturated rings. The highest BCUT2D eigenvalue weighted by atomic mass is 35.5. The molecular weight excluding hydrogens is 328 g/mol. The fourth-order valence-corrected chi connectivity index (χ4v) is 2.99. The molecule has 0 aliphatic heterocycles. The van der Waals surface area contributed by atoms with Crippen LogP contribution in [-0.4, -0.2) is 15.1 Å². The summed E-state index contributed by atoms with van der Waals surface area (Å²) in [5.74, 6) is 2.42. The molecule has 0 radical (unpaired) electrons. The number of benzene rings is 1. The zero-order valence-corrected chi connectivity index (χ0v) is 13.8. The minimum atomic E-state index is -0.401. The zero-order valence-electron chi connectivity index (χ0n) is 13.0. The maximum absolute atomic E-state index is 6.20. The van der Waals surface area contributed by atoms with Crippen molar-refractivity contribution >= 4 is 11.6 Å². The molecule has 0 unspecified atom stereocenters. The van der Waals surface area contributed by atoms with E-state index in [1.165, 1.54) is 0 Å². The van der Waals surface area contributed by atoms with Gasteiger partial charge in [-0.3, -0.25) is 0 Å². The average molecular weight is 345 g/mol. The summed E-state index contributed by atoms with van der Waals surface area (Å²) in [4.78, 5) is 8.70. The quantitative estimate of drug-likeness (QED) is 0.761. The Bertz CT molecular complexity index is 854. The van der Waals surface area contributed by atoms with E-state index in [-0.39, 0.29) is 0 Å². The first-order chi connectivity index (χ1) is 11.6. The number of nitrogens with zero attached hydrogens (tertiary/aromatic N) is 3. The third-order valence-electron chi connectivity index (χ3n) is 4.40. The van der Waals surface area contributed by atoms with Gasteiger partial charge < -0.3 is 14.7 Å². The smallest absolute Gasteiger partial charge is 0.227 e. The molecule has 124 valence electrons. The van der Waals surface area contributed by atoms with Crippen LogP contribution in [0.2, 0.25) is 5.02 Å². The molecule has 2 N–H and O–H groups in total. The Morgan fingerprint density at radius 1 is 1.17 bits per heavy atom. The highest BCUT2D eigenvalue weighted by molar-refractivity contribution is 6.33. The molecule has 6 nitrogen and oxygen atoms in total. The highest BCUT2D eigenvalue weighted by Crippen LogP contribution is 2.37. The van der Waals surface area contributed by atoms with Crippen molar-refractivity contribution in [3.05, 3.63) is 53.1 Å². The Balaban J connectivity index is 1.43. The molecule has 1 aliphatic carbocycles. The summed E-state index contributed by atoms with van der Waals surface area (Å²) in [7, 11) is 0. The van der Waals surface area contributed by atoms with Crippen LogP contribution >= 0.6 is 11.6 Å². The number of halogens is 1. The first-order valence-electron chi connectivity index (χ1n) is 7.96. The molecule has 3 aromatic rings. The topological polar surface area (TPSA) is 91.0 Å². The van der Waals surface area contributed by atoms with Gasteiger partial charge in [0.25, 0.3) is 0 Å². The molecule has 1 saturated carbocycles.